The van der Waals surface area contributed by atoms with Crippen molar-refractivity contribution < 1.29 is 8.42 Å². The molecule has 112 valence electrons. The standard InChI is InChI=1S/C14H16ClN3O2S/c1-18(2)21(19,20)12-7-8-13(16)14(9-12)17-11-5-3-10(15)4-6-11/h3-9,17H,16H2,1-2H3. The van der Waals surface area contributed by atoms with Gasteiger partial charge in [-0.15, -0.1) is 0 Å². The van der Waals surface area contributed by atoms with Crippen molar-refractivity contribution in [3.63, 3.8) is 0 Å². The van der Waals surface area contributed by atoms with Gasteiger partial charge in [0.25, 0.3) is 0 Å². The molecule has 2 aromatic rings. The van der Waals surface area contributed by atoms with Crippen molar-refractivity contribution >= 4 is 38.7 Å². The fourth-order valence-corrected chi connectivity index (χ4v) is 2.76. The lowest BCUT2D eigenvalue weighted by Gasteiger charge is -2.14. The van der Waals surface area contributed by atoms with E-state index in [1.54, 1.807) is 30.3 Å². The van der Waals surface area contributed by atoms with E-state index >= 15 is 0 Å². The van der Waals surface area contributed by atoms with Crippen LogP contribution in [-0.4, -0.2) is 26.8 Å². The van der Waals surface area contributed by atoms with Crippen LogP contribution in [0.15, 0.2) is 47.4 Å². The predicted molar refractivity (Wildman–Crippen MR) is 86.5 cm³/mol. The molecule has 2 rings (SSSR count). The van der Waals surface area contributed by atoms with Crippen LogP contribution < -0.4 is 11.1 Å². The molecule has 0 aliphatic carbocycles. The highest BCUT2D eigenvalue weighted by atomic mass is 35.5. The van der Waals surface area contributed by atoms with Gasteiger partial charge in [-0.05, 0) is 42.5 Å². The van der Waals surface area contributed by atoms with Crippen molar-refractivity contribution in [2.24, 2.45) is 0 Å². The van der Waals surface area contributed by atoms with Crippen LogP contribution in [0.25, 0.3) is 0 Å². The van der Waals surface area contributed by atoms with Crippen molar-refractivity contribution in [3.05, 3.63) is 47.5 Å². The van der Waals surface area contributed by atoms with Gasteiger partial charge in [-0.2, -0.15) is 0 Å². The van der Waals surface area contributed by atoms with Gasteiger partial charge in [0.2, 0.25) is 10.0 Å². The van der Waals surface area contributed by atoms with E-state index < -0.39 is 10.0 Å². The van der Waals surface area contributed by atoms with E-state index in [-0.39, 0.29) is 4.90 Å². The number of rotatable bonds is 4. The Morgan fingerprint density at radius 2 is 1.71 bits per heavy atom. The number of benzene rings is 2. The van der Waals surface area contributed by atoms with Crippen molar-refractivity contribution in [2.75, 3.05) is 25.1 Å². The summed E-state index contributed by atoms with van der Waals surface area (Å²) in [5, 5.41) is 3.71. The van der Waals surface area contributed by atoms with Crippen molar-refractivity contribution in [1.82, 2.24) is 4.31 Å². The number of hydrogen-bond donors (Lipinski definition) is 2. The quantitative estimate of drug-likeness (QED) is 0.847. The predicted octanol–water partition coefficient (Wildman–Crippen LogP) is 2.92. The summed E-state index contributed by atoms with van der Waals surface area (Å²) in [6, 6.07) is 11.6. The molecule has 0 aliphatic rings. The van der Waals surface area contributed by atoms with E-state index in [2.05, 4.69) is 5.32 Å². The maximum Gasteiger partial charge on any atom is 0.242 e. The van der Waals surface area contributed by atoms with Gasteiger partial charge in [0.15, 0.2) is 0 Å². The second-order valence-corrected chi connectivity index (χ2v) is 7.26. The number of nitrogens with one attached hydrogen (secondary N) is 1. The zero-order chi connectivity index (χ0) is 15.6. The molecule has 0 atom stereocenters. The van der Waals surface area contributed by atoms with E-state index in [4.69, 9.17) is 17.3 Å². The first-order chi connectivity index (χ1) is 9.80. The number of nitrogens with zero attached hydrogens (tertiary/aromatic N) is 1. The average molecular weight is 326 g/mol. The van der Waals surface area contributed by atoms with Crippen LogP contribution in [0.5, 0.6) is 0 Å². The van der Waals surface area contributed by atoms with Gasteiger partial charge >= 0.3 is 0 Å². The van der Waals surface area contributed by atoms with Crippen LogP contribution in [0.4, 0.5) is 17.1 Å². The molecule has 0 spiro atoms. The zero-order valence-electron chi connectivity index (χ0n) is 11.7. The summed E-state index contributed by atoms with van der Waals surface area (Å²) >= 11 is 5.83. The van der Waals surface area contributed by atoms with Crippen LogP contribution in [-0.2, 0) is 10.0 Å². The normalized spacial score (nSPS) is 11.6. The summed E-state index contributed by atoms with van der Waals surface area (Å²) in [5.74, 6) is 0. The summed E-state index contributed by atoms with van der Waals surface area (Å²) in [7, 11) is -0.530. The second-order valence-electron chi connectivity index (χ2n) is 4.67. The van der Waals surface area contributed by atoms with Gasteiger partial charge < -0.3 is 11.1 Å². The summed E-state index contributed by atoms with van der Waals surface area (Å²) < 4.78 is 25.4. The molecule has 2 aromatic carbocycles. The summed E-state index contributed by atoms with van der Waals surface area (Å²) in [4.78, 5) is 0.179. The maximum atomic E-state index is 12.1. The Morgan fingerprint density at radius 3 is 2.29 bits per heavy atom. The Hall–Kier alpha value is -1.76. The van der Waals surface area contributed by atoms with E-state index in [1.807, 2.05) is 0 Å². The highest BCUT2D eigenvalue weighted by molar-refractivity contribution is 7.89. The molecule has 0 unspecified atom stereocenters. The van der Waals surface area contributed by atoms with Crippen LogP contribution in [0.3, 0.4) is 0 Å². The molecule has 7 heteroatoms. The Labute approximate surface area is 129 Å². The van der Waals surface area contributed by atoms with Gasteiger partial charge in [0.1, 0.15) is 0 Å². The lowest BCUT2D eigenvalue weighted by molar-refractivity contribution is 0.521. The Balaban J connectivity index is 2.38. The van der Waals surface area contributed by atoms with E-state index in [0.717, 1.165) is 9.99 Å². The first kappa shape index (κ1) is 15.6. The molecule has 0 saturated carbocycles. The largest absolute Gasteiger partial charge is 0.397 e. The first-order valence-corrected chi connectivity index (χ1v) is 7.97. The van der Waals surface area contributed by atoms with Crippen molar-refractivity contribution in [3.8, 4) is 0 Å². The molecule has 0 fully saturated rings. The molecule has 0 heterocycles. The van der Waals surface area contributed by atoms with Gasteiger partial charge in [-0.25, -0.2) is 12.7 Å². The third-order valence-electron chi connectivity index (χ3n) is 2.93. The molecule has 21 heavy (non-hydrogen) atoms. The average Bonchev–Trinajstić information content (AvgIpc) is 2.43. The molecular formula is C14H16ClN3O2S. The fraction of sp³-hybridized carbons (Fsp3) is 0.143. The number of nitrogen functional groups attached to an aromatic ring is 1. The summed E-state index contributed by atoms with van der Waals surface area (Å²) in [6.07, 6.45) is 0. The molecule has 5 nitrogen and oxygen atoms in total. The molecular weight excluding hydrogens is 310 g/mol. The van der Waals surface area contributed by atoms with Crippen molar-refractivity contribution in [1.29, 1.82) is 0 Å². The smallest absolute Gasteiger partial charge is 0.242 e. The monoisotopic (exact) mass is 325 g/mol. The number of nitrogens with two attached hydrogens (primary N) is 1. The zero-order valence-corrected chi connectivity index (χ0v) is 13.2. The minimum absolute atomic E-state index is 0.179. The van der Waals surface area contributed by atoms with Gasteiger partial charge in [-0.3, -0.25) is 0 Å². The lowest BCUT2D eigenvalue weighted by Crippen LogP contribution is -2.22. The van der Waals surface area contributed by atoms with Crippen LogP contribution >= 0.6 is 11.6 Å². The summed E-state index contributed by atoms with van der Waals surface area (Å²) in [5.41, 5.74) is 7.65. The molecule has 0 bridgehead atoms. The Kier molecular flexibility index (Phi) is 4.41. The van der Waals surface area contributed by atoms with Gasteiger partial charge in [0, 0.05) is 24.8 Å². The highest BCUT2D eigenvalue weighted by Crippen LogP contribution is 2.27. The van der Waals surface area contributed by atoms with Gasteiger partial charge in [0.05, 0.1) is 16.3 Å². The van der Waals surface area contributed by atoms with E-state index in [1.165, 1.54) is 26.2 Å². The topological polar surface area (TPSA) is 75.4 Å². The molecule has 0 amide bonds. The maximum absolute atomic E-state index is 12.1. The molecule has 0 saturated heterocycles. The Morgan fingerprint density at radius 1 is 1.10 bits per heavy atom. The fourth-order valence-electron chi connectivity index (χ4n) is 1.70. The minimum atomic E-state index is -3.50. The van der Waals surface area contributed by atoms with E-state index in [9.17, 15) is 8.42 Å². The molecule has 0 aromatic heterocycles. The third kappa shape index (κ3) is 3.47. The number of hydrogen-bond acceptors (Lipinski definition) is 4. The third-order valence-corrected chi connectivity index (χ3v) is 4.99. The number of halogens is 1. The van der Waals surface area contributed by atoms with Crippen molar-refractivity contribution in [2.45, 2.75) is 4.90 Å². The molecule has 0 aliphatic heterocycles. The summed E-state index contributed by atoms with van der Waals surface area (Å²) in [6.45, 7) is 0. The molecule has 0 radical (unpaired) electrons. The number of sulfonamides is 1. The lowest BCUT2D eigenvalue weighted by atomic mass is 10.2. The minimum Gasteiger partial charge on any atom is -0.397 e. The second kappa shape index (κ2) is 5.93. The number of anilines is 3. The first-order valence-electron chi connectivity index (χ1n) is 6.15. The van der Waals surface area contributed by atoms with Gasteiger partial charge in [-0.1, -0.05) is 11.6 Å². The highest BCUT2D eigenvalue weighted by Gasteiger charge is 2.18. The molecule has 3 N–H and O–H groups in total. The Bertz CT molecular complexity index is 743. The van der Waals surface area contributed by atoms with E-state index in [0.29, 0.717) is 16.4 Å². The van der Waals surface area contributed by atoms with Crippen LogP contribution in [0, 0.1) is 0 Å². The SMILES string of the molecule is CN(C)S(=O)(=O)c1ccc(N)c(Nc2ccc(Cl)cc2)c1. The van der Waals surface area contributed by atoms with Crippen LogP contribution in [0.1, 0.15) is 0 Å². The van der Waals surface area contributed by atoms with Crippen LogP contribution in [0.2, 0.25) is 5.02 Å².